The minimum absolute atomic E-state index is 0.0138. The van der Waals surface area contributed by atoms with Gasteiger partial charge in [-0.1, -0.05) is 6.07 Å². The summed E-state index contributed by atoms with van der Waals surface area (Å²) < 4.78 is 18.4. The first-order valence-electron chi connectivity index (χ1n) is 7.34. The van der Waals surface area contributed by atoms with Crippen molar-refractivity contribution in [2.45, 2.75) is 25.7 Å². The van der Waals surface area contributed by atoms with Crippen molar-refractivity contribution >= 4 is 11.9 Å². The van der Waals surface area contributed by atoms with Crippen LogP contribution in [0.3, 0.4) is 0 Å². The molecular formula is C16H20FNO4. The number of hydrogen-bond donors (Lipinski definition) is 1. The number of aryl methyl sites for hydroxylation is 1. The van der Waals surface area contributed by atoms with E-state index in [1.165, 1.54) is 13.2 Å². The van der Waals surface area contributed by atoms with Gasteiger partial charge in [0.15, 0.2) is 11.6 Å². The summed E-state index contributed by atoms with van der Waals surface area (Å²) in [5.41, 5.74) is 0.743. The summed E-state index contributed by atoms with van der Waals surface area (Å²) in [6.07, 6.45) is 1.75. The first kappa shape index (κ1) is 16.3. The van der Waals surface area contributed by atoms with E-state index in [9.17, 15) is 14.0 Å². The Balaban J connectivity index is 1.83. The van der Waals surface area contributed by atoms with Crippen molar-refractivity contribution in [2.24, 2.45) is 5.92 Å². The molecule has 0 saturated carbocycles. The van der Waals surface area contributed by atoms with Crippen molar-refractivity contribution in [1.82, 2.24) is 4.90 Å². The lowest BCUT2D eigenvalue weighted by Crippen LogP contribution is -2.40. The Morgan fingerprint density at radius 2 is 2.05 bits per heavy atom. The Hall–Kier alpha value is -2.11. The van der Waals surface area contributed by atoms with Crippen LogP contribution in [0.5, 0.6) is 5.75 Å². The highest BCUT2D eigenvalue weighted by atomic mass is 19.1. The molecule has 0 aliphatic carbocycles. The zero-order valence-electron chi connectivity index (χ0n) is 12.5. The second-order valence-corrected chi connectivity index (χ2v) is 5.46. The number of ether oxygens (including phenoxy) is 1. The van der Waals surface area contributed by atoms with Crippen molar-refractivity contribution in [3.8, 4) is 5.75 Å². The third kappa shape index (κ3) is 3.96. The van der Waals surface area contributed by atoms with Crippen LogP contribution in [0.25, 0.3) is 0 Å². The van der Waals surface area contributed by atoms with E-state index in [0.717, 1.165) is 5.56 Å². The van der Waals surface area contributed by atoms with Crippen molar-refractivity contribution in [3.63, 3.8) is 0 Å². The molecule has 0 atom stereocenters. The zero-order valence-corrected chi connectivity index (χ0v) is 12.5. The molecule has 1 aromatic carbocycles. The number of carboxylic acids is 1. The summed E-state index contributed by atoms with van der Waals surface area (Å²) in [4.78, 5) is 24.7. The van der Waals surface area contributed by atoms with Crippen molar-refractivity contribution in [2.75, 3.05) is 20.2 Å². The van der Waals surface area contributed by atoms with Gasteiger partial charge in [-0.15, -0.1) is 0 Å². The van der Waals surface area contributed by atoms with Crippen molar-refractivity contribution < 1.29 is 23.8 Å². The molecule has 1 aliphatic rings. The quantitative estimate of drug-likeness (QED) is 0.904. The number of rotatable bonds is 5. The minimum Gasteiger partial charge on any atom is -0.494 e. The Bertz CT molecular complexity index is 553. The second kappa shape index (κ2) is 7.24. The average Bonchev–Trinajstić information content (AvgIpc) is 2.52. The summed E-state index contributed by atoms with van der Waals surface area (Å²) in [7, 11) is 1.41. The normalized spacial score (nSPS) is 15.6. The summed E-state index contributed by atoms with van der Waals surface area (Å²) in [6, 6.07) is 4.67. The number of nitrogens with zero attached hydrogens (tertiary/aromatic N) is 1. The number of piperidine rings is 1. The predicted octanol–water partition coefficient (Wildman–Crippen LogP) is 2.09. The Morgan fingerprint density at radius 3 is 2.59 bits per heavy atom. The fourth-order valence-corrected chi connectivity index (χ4v) is 2.65. The van der Waals surface area contributed by atoms with Gasteiger partial charge in [-0.2, -0.15) is 0 Å². The van der Waals surface area contributed by atoms with Gasteiger partial charge in [0.2, 0.25) is 5.91 Å². The third-order valence-electron chi connectivity index (χ3n) is 4.04. The van der Waals surface area contributed by atoms with E-state index < -0.39 is 11.8 Å². The van der Waals surface area contributed by atoms with Gasteiger partial charge < -0.3 is 14.7 Å². The highest BCUT2D eigenvalue weighted by molar-refractivity contribution is 5.77. The molecule has 0 radical (unpaired) electrons. The van der Waals surface area contributed by atoms with Gasteiger partial charge in [0.05, 0.1) is 13.0 Å². The molecule has 22 heavy (non-hydrogen) atoms. The van der Waals surface area contributed by atoms with Crippen LogP contribution < -0.4 is 4.74 Å². The lowest BCUT2D eigenvalue weighted by molar-refractivity contribution is -0.145. The molecule has 6 heteroatoms. The van der Waals surface area contributed by atoms with Crippen LogP contribution in [-0.4, -0.2) is 42.1 Å². The van der Waals surface area contributed by atoms with E-state index in [4.69, 9.17) is 9.84 Å². The SMILES string of the molecule is COc1ccc(CCC(=O)N2CCC(C(=O)O)CC2)cc1F. The molecule has 120 valence electrons. The largest absolute Gasteiger partial charge is 0.494 e. The maximum Gasteiger partial charge on any atom is 0.306 e. The number of carbonyl (C=O) groups excluding carboxylic acids is 1. The Kier molecular flexibility index (Phi) is 5.35. The van der Waals surface area contributed by atoms with E-state index in [1.54, 1.807) is 17.0 Å². The minimum atomic E-state index is -0.791. The average molecular weight is 309 g/mol. The number of hydrogen-bond acceptors (Lipinski definition) is 3. The number of aliphatic carboxylic acids is 1. The molecule has 1 aliphatic heterocycles. The predicted molar refractivity (Wildman–Crippen MR) is 78.2 cm³/mol. The van der Waals surface area contributed by atoms with Crippen molar-refractivity contribution in [1.29, 1.82) is 0 Å². The van der Waals surface area contributed by atoms with Crippen LogP contribution in [0.1, 0.15) is 24.8 Å². The fraction of sp³-hybridized carbons (Fsp3) is 0.500. The standard InChI is InChI=1S/C16H20FNO4/c1-22-14-4-2-11(10-13(14)17)3-5-15(19)18-8-6-12(7-9-18)16(20)21/h2,4,10,12H,3,5-9H2,1H3,(H,20,21). The highest BCUT2D eigenvalue weighted by Crippen LogP contribution is 2.20. The smallest absolute Gasteiger partial charge is 0.306 e. The maximum atomic E-state index is 13.6. The van der Waals surface area contributed by atoms with Crippen LogP contribution in [0, 0.1) is 11.7 Å². The van der Waals surface area contributed by atoms with Crippen LogP contribution in [0.4, 0.5) is 4.39 Å². The van der Waals surface area contributed by atoms with Gasteiger partial charge in [0.1, 0.15) is 0 Å². The molecule has 0 unspecified atom stereocenters. The molecule has 1 fully saturated rings. The van der Waals surface area contributed by atoms with Gasteiger partial charge in [0.25, 0.3) is 0 Å². The molecule has 0 aromatic heterocycles. The van der Waals surface area contributed by atoms with Gasteiger partial charge in [0, 0.05) is 19.5 Å². The Labute approximate surface area is 128 Å². The number of likely N-dealkylation sites (tertiary alicyclic amines) is 1. The summed E-state index contributed by atoms with van der Waals surface area (Å²) in [5.74, 6) is -1.40. The van der Waals surface area contributed by atoms with E-state index in [0.29, 0.717) is 38.8 Å². The number of methoxy groups -OCH3 is 1. The summed E-state index contributed by atoms with van der Waals surface area (Å²) in [6.45, 7) is 0.958. The van der Waals surface area contributed by atoms with Gasteiger partial charge in [-0.05, 0) is 37.0 Å². The molecule has 1 N–H and O–H groups in total. The number of halogens is 1. The summed E-state index contributed by atoms with van der Waals surface area (Å²) in [5, 5.41) is 8.93. The van der Waals surface area contributed by atoms with Gasteiger partial charge in [-0.3, -0.25) is 9.59 Å². The zero-order chi connectivity index (χ0) is 16.1. The number of amides is 1. The maximum absolute atomic E-state index is 13.6. The second-order valence-electron chi connectivity index (χ2n) is 5.46. The lowest BCUT2D eigenvalue weighted by Gasteiger charge is -2.30. The fourth-order valence-electron chi connectivity index (χ4n) is 2.65. The topological polar surface area (TPSA) is 66.8 Å². The van der Waals surface area contributed by atoms with Crippen LogP contribution in [0.15, 0.2) is 18.2 Å². The van der Waals surface area contributed by atoms with E-state index in [1.807, 2.05) is 0 Å². The van der Waals surface area contributed by atoms with Crippen LogP contribution in [-0.2, 0) is 16.0 Å². The van der Waals surface area contributed by atoms with E-state index in [-0.39, 0.29) is 17.6 Å². The molecule has 0 spiro atoms. The van der Waals surface area contributed by atoms with Crippen LogP contribution in [0.2, 0.25) is 0 Å². The molecule has 1 heterocycles. The molecule has 1 amide bonds. The molecule has 2 rings (SSSR count). The van der Waals surface area contributed by atoms with E-state index >= 15 is 0 Å². The molecule has 1 saturated heterocycles. The third-order valence-corrected chi connectivity index (χ3v) is 4.04. The molecule has 1 aromatic rings. The van der Waals surface area contributed by atoms with E-state index in [2.05, 4.69) is 0 Å². The summed E-state index contributed by atoms with van der Waals surface area (Å²) >= 11 is 0. The first-order chi connectivity index (χ1) is 10.5. The Morgan fingerprint density at radius 1 is 1.36 bits per heavy atom. The first-order valence-corrected chi connectivity index (χ1v) is 7.34. The van der Waals surface area contributed by atoms with Gasteiger partial charge in [-0.25, -0.2) is 4.39 Å². The monoisotopic (exact) mass is 309 g/mol. The molecule has 0 bridgehead atoms. The number of carbonyl (C=O) groups is 2. The lowest BCUT2D eigenvalue weighted by atomic mass is 9.96. The number of carboxylic acid groups (broad SMARTS) is 1. The van der Waals surface area contributed by atoms with Crippen molar-refractivity contribution in [3.05, 3.63) is 29.6 Å². The highest BCUT2D eigenvalue weighted by Gasteiger charge is 2.26. The van der Waals surface area contributed by atoms with Gasteiger partial charge >= 0.3 is 5.97 Å². The van der Waals surface area contributed by atoms with Crippen LogP contribution >= 0.6 is 0 Å². The number of benzene rings is 1. The molecule has 5 nitrogen and oxygen atoms in total. The molecular weight excluding hydrogens is 289 g/mol.